The maximum atomic E-state index is 12.7. The third kappa shape index (κ3) is 5.42. The third-order valence-corrected chi connectivity index (χ3v) is 6.26. The maximum Gasteiger partial charge on any atom is 0.251 e. The van der Waals surface area contributed by atoms with Gasteiger partial charge in [0, 0.05) is 17.0 Å². The fourth-order valence-corrected chi connectivity index (χ4v) is 4.28. The van der Waals surface area contributed by atoms with Crippen molar-refractivity contribution in [1.29, 1.82) is 0 Å². The van der Waals surface area contributed by atoms with Gasteiger partial charge in [-0.3, -0.25) is 4.79 Å². The Kier molecular flexibility index (Phi) is 5.82. The van der Waals surface area contributed by atoms with Gasteiger partial charge in [-0.2, -0.15) is 4.98 Å². The molecule has 0 spiro atoms. The molecule has 29 heavy (non-hydrogen) atoms. The van der Waals surface area contributed by atoms with Gasteiger partial charge >= 0.3 is 0 Å². The zero-order valence-electron chi connectivity index (χ0n) is 17.4. The Morgan fingerprint density at radius 1 is 1.17 bits per heavy atom. The van der Waals surface area contributed by atoms with E-state index in [4.69, 9.17) is 4.52 Å². The SMILES string of the molecule is CC(C)C(NC(=O)c1ccc(S(=O)(=O)NC(C)(C)C)cc1)c1nc(C2CC2)no1. The van der Waals surface area contributed by atoms with E-state index in [-0.39, 0.29) is 16.7 Å². The van der Waals surface area contributed by atoms with Gasteiger partial charge in [0.15, 0.2) is 5.82 Å². The third-order valence-electron chi connectivity index (χ3n) is 4.49. The average molecular weight is 421 g/mol. The second-order valence-electron chi connectivity index (χ2n) is 8.84. The van der Waals surface area contributed by atoms with Crippen molar-refractivity contribution in [2.45, 2.75) is 69.9 Å². The van der Waals surface area contributed by atoms with Crippen LogP contribution in [0.15, 0.2) is 33.7 Å². The number of nitrogens with one attached hydrogen (secondary N) is 2. The van der Waals surface area contributed by atoms with E-state index >= 15 is 0 Å². The quantitative estimate of drug-likeness (QED) is 0.711. The summed E-state index contributed by atoms with van der Waals surface area (Å²) in [6.45, 7) is 9.22. The van der Waals surface area contributed by atoms with Gasteiger partial charge in [0.1, 0.15) is 6.04 Å². The number of benzene rings is 1. The molecule has 2 N–H and O–H groups in total. The van der Waals surface area contributed by atoms with E-state index < -0.39 is 21.6 Å². The number of carbonyl (C=O) groups is 1. The van der Waals surface area contributed by atoms with E-state index in [9.17, 15) is 13.2 Å². The van der Waals surface area contributed by atoms with Crippen molar-refractivity contribution in [3.05, 3.63) is 41.5 Å². The first-order valence-electron chi connectivity index (χ1n) is 9.75. The second-order valence-corrected chi connectivity index (χ2v) is 10.5. The van der Waals surface area contributed by atoms with Crippen LogP contribution in [0.25, 0.3) is 0 Å². The second kappa shape index (κ2) is 7.87. The standard InChI is InChI=1S/C20H28N4O4S/c1-12(2)16(19-22-17(23-28-19)13-6-7-13)21-18(25)14-8-10-15(11-9-14)29(26,27)24-20(3,4)5/h8-13,16,24H,6-7H2,1-5H3,(H,21,25). The molecule has 1 heterocycles. The van der Waals surface area contributed by atoms with Crippen molar-refractivity contribution in [2.24, 2.45) is 5.92 Å². The van der Waals surface area contributed by atoms with Crippen LogP contribution >= 0.6 is 0 Å². The summed E-state index contributed by atoms with van der Waals surface area (Å²) in [5.41, 5.74) is -0.241. The highest BCUT2D eigenvalue weighted by atomic mass is 32.2. The summed E-state index contributed by atoms with van der Waals surface area (Å²) in [4.78, 5) is 17.3. The molecule has 1 aliphatic rings. The molecule has 0 bridgehead atoms. The summed E-state index contributed by atoms with van der Waals surface area (Å²) in [6, 6.07) is 5.41. The summed E-state index contributed by atoms with van der Waals surface area (Å²) >= 11 is 0. The Labute approximate surface area is 171 Å². The Bertz CT molecular complexity index is 971. The molecular weight excluding hydrogens is 392 g/mol. The predicted molar refractivity (Wildman–Crippen MR) is 108 cm³/mol. The molecule has 1 aliphatic carbocycles. The minimum Gasteiger partial charge on any atom is -0.340 e. The molecule has 0 radical (unpaired) electrons. The van der Waals surface area contributed by atoms with Gasteiger partial charge in [-0.25, -0.2) is 13.1 Å². The molecular formula is C20H28N4O4S. The molecule has 1 aromatic heterocycles. The largest absolute Gasteiger partial charge is 0.340 e. The topological polar surface area (TPSA) is 114 Å². The number of rotatable bonds is 7. The predicted octanol–water partition coefficient (Wildman–Crippen LogP) is 3.15. The Morgan fingerprint density at radius 2 is 1.79 bits per heavy atom. The fourth-order valence-electron chi connectivity index (χ4n) is 2.87. The molecule has 1 atom stereocenters. The summed E-state index contributed by atoms with van der Waals surface area (Å²) in [6.07, 6.45) is 2.13. The zero-order valence-corrected chi connectivity index (χ0v) is 18.2. The molecule has 1 amide bonds. The van der Waals surface area contributed by atoms with Crippen molar-refractivity contribution in [3.63, 3.8) is 0 Å². The van der Waals surface area contributed by atoms with E-state index in [1.54, 1.807) is 20.8 Å². The zero-order chi connectivity index (χ0) is 21.4. The molecule has 8 nitrogen and oxygen atoms in total. The van der Waals surface area contributed by atoms with Crippen molar-refractivity contribution >= 4 is 15.9 Å². The van der Waals surface area contributed by atoms with Gasteiger partial charge in [0.2, 0.25) is 15.9 Å². The van der Waals surface area contributed by atoms with Crippen LogP contribution in [-0.4, -0.2) is 30.0 Å². The van der Waals surface area contributed by atoms with Crippen LogP contribution in [0.1, 0.15) is 81.5 Å². The normalized spacial score (nSPS) is 16.1. The van der Waals surface area contributed by atoms with Crippen LogP contribution in [-0.2, 0) is 10.0 Å². The Balaban J connectivity index is 1.73. The summed E-state index contributed by atoms with van der Waals surface area (Å²) in [7, 11) is -3.65. The van der Waals surface area contributed by atoms with Crippen LogP contribution in [0.4, 0.5) is 0 Å². The van der Waals surface area contributed by atoms with E-state index in [1.165, 1.54) is 24.3 Å². The number of carbonyl (C=O) groups excluding carboxylic acids is 1. The molecule has 1 aromatic carbocycles. The molecule has 158 valence electrons. The fraction of sp³-hybridized carbons (Fsp3) is 0.550. The van der Waals surface area contributed by atoms with Gasteiger partial charge in [-0.1, -0.05) is 19.0 Å². The van der Waals surface area contributed by atoms with E-state index in [1.807, 2.05) is 13.8 Å². The molecule has 1 fully saturated rings. The smallest absolute Gasteiger partial charge is 0.251 e. The number of nitrogens with zero attached hydrogens (tertiary/aromatic N) is 2. The average Bonchev–Trinajstić information content (AvgIpc) is 3.35. The Morgan fingerprint density at radius 3 is 2.31 bits per heavy atom. The van der Waals surface area contributed by atoms with E-state index in [2.05, 4.69) is 20.2 Å². The van der Waals surface area contributed by atoms with Gasteiger partial charge in [0.05, 0.1) is 4.90 Å². The van der Waals surface area contributed by atoms with Crippen molar-refractivity contribution < 1.29 is 17.7 Å². The highest BCUT2D eigenvalue weighted by Crippen LogP contribution is 2.38. The lowest BCUT2D eigenvalue weighted by Gasteiger charge is -2.20. The van der Waals surface area contributed by atoms with E-state index in [0.29, 0.717) is 23.2 Å². The first kappa shape index (κ1) is 21.4. The van der Waals surface area contributed by atoms with Gasteiger partial charge in [0.25, 0.3) is 5.91 Å². The van der Waals surface area contributed by atoms with Gasteiger partial charge in [-0.05, 0) is 63.8 Å². The molecule has 0 saturated heterocycles. The van der Waals surface area contributed by atoms with Crippen molar-refractivity contribution in [3.8, 4) is 0 Å². The maximum absolute atomic E-state index is 12.7. The van der Waals surface area contributed by atoms with Crippen LogP contribution in [0.5, 0.6) is 0 Å². The minimum absolute atomic E-state index is 0.0436. The molecule has 1 unspecified atom stereocenters. The lowest BCUT2D eigenvalue weighted by molar-refractivity contribution is 0.0914. The summed E-state index contributed by atoms with van der Waals surface area (Å²) in [5, 5.41) is 6.94. The number of amides is 1. The molecule has 9 heteroatoms. The molecule has 3 rings (SSSR count). The summed E-state index contributed by atoms with van der Waals surface area (Å²) < 4.78 is 32.8. The molecule has 1 saturated carbocycles. The molecule has 0 aliphatic heterocycles. The molecule has 2 aromatic rings. The first-order valence-corrected chi connectivity index (χ1v) is 11.2. The van der Waals surface area contributed by atoms with Crippen LogP contribution in [0, 0.1) is 5.92 Å². The Hall–Kier alpha value is -2.26. The first-order chi connectivity index (χ1) is 13.5. The number of hydrogen-bond acceptors (Lipinski definition) is 6. The lowest BCUT2D eigenvalue weighted by atomic mass is 10.0. The lowest BCUT2D eigenvalue weighted by Crippen LogP contribution is -2.40. The van der Waals surface area contributed by atoms with Gasteiger partial charge < -0.3 is 9.84 Å². The monoisotopic (exact) mass is 420 g/mol. The van der Waals surface area contributed by atoms with E-state index in [0.717, 1.165) is 12.8 Å². The highest BCUT2D eigenvalue weighted by molar-refractivity contribution is 7.89. The van der Waals surface area contributed by atoms with Crippen LogP contribution in [0.3, 0.4) is 0 Å². The van der Waals surface area contributed by atoms with Crippen LogP contribution in [0.2, 0.25) is 0 Å². The number of aromatic nitrogens is 2. The minimum atomic E-state index is -3.65. The highest BCUT2D eigenvalue weighted by Gasteiger charge is 2.32. The van der Waals surface area contributed by atoms with Crippen LogP contribution < -0.4 is 10.0 Å². The van der Waals surface area contributed by atoms with Gasteiger partial charge in [-0.15, -0.1) is 0 Å². The van der Waals surface area contributed by atoms with Crippen molar-refractivity contribution in [1.82, 2.24) is 20.2 Å². The summed E-state index contributed by atoms with van der Waals surface area (Å²) in [5.74, 6) is 1.17. The number of sulfonamides is 1. The van der Waals surface area contributed by atoms with Crippen molar-refractivity contribution in [2.75, 3.05) is 0 Å². The number of hydrogen-bond donors (Lipinski definition) is 2.